The zero-order valence-corrected chi connectivity index (χ0v) is 14.9. The van der Waals surface area contributed by atoms with Crippen molar-refractivity contribution in [1.82, 2.24) is 5.43 Å². The zero-order chi connectivity index (χ0) is 17.4. The smallest absolute Gasteiger partial charge is 0.269 e. The van der Waals surface area contributed by atoms with Gasteiger partial charge in [0.15, 0.2) is 0 Å². The van der Waals surface area contributed by atoms with Crippen LogP contribution in [0.1, 0.15) is 11.1 Å². The third-order valence-electron chi connectivity index (χ3n) is 2.95. The van der Waals surface area contributed by atoms with Crippen molar-refractivity contribution in [2.45, 2.75) is 5.75 Å². The molecule has 0 fully saturated rings. The molecule has 0 bridgehead atoms. The molecule has 2 rings (SSSR count). The lowest BCUT2D eigenvalue weighted by Gasteiger charge is -2.02. The van der Waals surface area contributed by atoms with E-state index in [2.05, 4.69) is 26.5 Å². The molecule has 124 valence electrons. The highest BCUT2D eigenvalue weighted by molar-refractivity contribution is 9.10. The Morgan fingerprint density at radius 3 is 2.62 bits per heavy atom. The predicted molar refractivity (Wildman–Crippen MR) is 99.1 cm³/mol. The van der Waals surface area contributed by atoms with Gasteiger partial charge >= 0.3 is 0 Å². The van der Waals surface area contributed by atoms with Crippen molar-refractivity contribution < 1.29 is 9.72 Å². The van der Waals surface area contributed by atoms with E-state index in [1.165, 1.54) is 23.9 Å². The third kappa shape index (κ3) is 5.78. The predicted octanol–water partition coefficient (Wildman–Crippen LogP) is 3.74. The highest BCUT2D eigenvalue weighted by Crippen LogP contribution is 2.16. The lowest BCUT2D eigenvalue weighted by atomic mass is 10.2. The summed E-state index contributed by atoms with van der Waals surface area (Å²) in [5, 5.41) is 14.5. The number of halogens is 1. The molecule has 1 amide bonds. The molecular weight excluding hydrogens is 394 g/mol. The van der Waals surface area contributed by atoms with Crippen LogP contribution in [0.25, 0.3) is 0 Å². The number of rotatable bonds is 7. The van der Waals surface area contributed by atoms with Crippen LogP contribution in [0.4, 0.5) is 5.69 Å². The Bertz CT molecular complexity index is 750. The van der Waals surface area contributed by atoms with Crippen molar-refractivity contribution in [2.24, 2.45) is 5.10 Å². The van der Waals surface area contributed by atoms with Gasteiger partial charge in [-0.1, -0.05) is 46.3 Å². The number of hydrogen-bond donors (Lipinski definition) is 1. The number of non-ortho nitro benzene ring substituents is 1. The summed E-state index contributed by atoms with van der Waals surface area (Å²) in [6, 6.07) is 13.8. The minimum Gasteiger partial charge on any atom is -0.272 e. The van der Waals surface area contributed by atoms with E-state index < -0.39 is 4.92 Å². The van der Waals surface area contributed by atoms with Crippen LogP contribution in [0, 0.1) is 10.1 Å². The average Bonchev–Trinajstić information content (AvgIpc) is 2.57. The number of nitro benzene ring substituents is 1. The van der Waals surface area contributed by atoms with Gasteiger partial charge in [-0.3, -0.25) is 14.9 Å². The molecule has 0 saturated carbocycles. The first-order valence-corrected chi connectivity index (χ1v) is 8.88. The van der Waals surface area contributed by atoms with Crippen molar-refractivity contribution >= 4 is 45.5 Å². The minimum atomic E-state index is -0.437. The summed E-state index contributed by atoms with van der Waals surface area (Å²) in [6.07, 6.45) is 1.57. The van der Waals surface area contributed by atoms with Crippen LogP contribution in [0.2, 0.25) is 0 Å². The fraction of sp³-hybridized carbons (Fsp3) is 0.125. The maximum absolute atomic E-state index is 11.7. The van der Waals surface area contributed by atoms with Gasteiger partial charge in [-0.25, -0.2) is 5.43 Å². The van der Waals surface area contributed by atoms with E-state index in [4.69, 9.17) is 0 Å². The summed E-state index contributed by atoms with van der Waals surface area (Å²) in [5.74, 6) is 0.647. The second-order valence-corrected chi connectivity index (χ2v) is 6.57. The monoisotopic (exact) mass is 407 g/mol. The zero-order valence-electron chi connectivity index (χ0n) is 12.5. The Kier molecular flexibility index (Phi) is 6.95. The van der Waals surface area contributed by atoms with Gasteiger partial charge in [0.1, 0.15) is 0 Å². The van der Waals surface area contributed by atoms with Crippen LogP contribution < -0.4 is 5.43 Å². The molecule has 0 spiro atoms. The molecule has 0 aliphatic heterocycles. The fourth-order valence-corrected chi connectivity index (χ4v) is 2.93. The molecule has 0 heterocycles. The highest BCUT2D eigenvalue weighted by atomic mass is 79.9. The van der Waals surface area contributed by atoms with Crippen LogP contribution in [-0.2, 0) is 10.5 Å². The number of nitrogens with zero attached hydrogens (tertiary/aromatic N) is 2. The highest BCUT2D eigenvalue weighted by Gasteiger charge is 2.05. The molecule has 0 unspecified atom stereocenters. The summed E-state index contributed by atoms with van der Waals surface area (Å²) >= 11 is 4.81. The van der Waals surface area contributed by atoms with Gasteiger partial charge in [-0.15, -0.1) is 11.8 Å². The minimum absolute atomic E-state index is 0.0582. The van der Waals surface area contributed by atoms with Gasteiger partial charge in [0.05, 0.1) is 16.9 Å². The lowest BCUT2D eigenvalue weighted by Crippen LogP contribution is -2.19. The maximum Gasteiger partial charge on any atom is 0.269 e. The van der Waals surface area contributed by atoms with E-state index in [-0.39, 0.29) is 17.3 Å². The standard InChI is InChI=1S/C16H14BrN3O3S/c17-15-4-2-1-3-13(15)9-18-19-16(21)11-24-10-12-5-7-14(8-6-12)20(22)23/h1-9H,10-11H2,(H,19,21)/b18-9-. The van der Waals surface area contributed by atoms with Crippen LogP contribution in [0.3, 0.4) is 0 Å². The number of nitro groups is 1. The first kappa shape index (κ1) is 18.2. The molecule has 0 atom stereocenters. The van der Waals surface area contributed by atoms with Crippen molar-refractivity contribution in [3.8, 4) is 0 Å². The summed E-state index contributed by atoms with van der Waals surface area (Å²) in [4.78, 5) is 21.8. The first-order chi connectivity index (χ1) is 11.6. The Hall–Kier alpha value is -2.19. The molecule has 2 aromatic carbocycles. The van der Waals surface area contributed by atoms with Gasteiger partial charge in [-0.05, 0) is 11.6 Å². The molecule has 0 aromatic heterocycles. The Labute approximate surface area is 151 Å². The van der Waals surface area contributed by atoms with Crippen molar-refractivity contribution in [2.75, 3.05) is 5.75 Å². The van der Waals surface area contributed by atoms with E-state index in [9.17, 15) is 14.9 Å². The fourth-order valence-electron chi connectivity index (χ4n) is 1.76. The number of thioether (sulfide) groups is 1. The topological polar surface area (TPSA) is 84.6 Å². The Morgan fingerprint density at radius 2 is 1.96 bits per heavy atom. The summed E-state index contributed by atoms with van der Waals surface area (Å²) < 4.78 is 0.899. The Morgan fingerprint density at radius 1 is 1.25 bits per heavy atom. The summed E-state index contributed by atoms with van der Waals surface area (Å²) in [5.41, 5.74) is 4.32. The molecule has 1 N–H and O–H groups in total. The summed E-state index contributed by atoms with van der Waals surface area (Å²) in [6.45, 7) is 0. The number of carbonyl (C=O) groups excluding carboxylic acids is 1. The van der Waals surface area contributed by atoms with Crippen LogP contribution in [0.5, 0.6) is 0 Å². The molecule has 0 aliphatic rings. The summed E-state index contributed by atoms with van der Waals surface area (Å²) in [7, 11) is 0. The number of carbonyl (C=O) groups is 1. The number of amides is 1. The molecule has 0 aliphatic carbocycles. The number of benzene rings is 2. The van der Waals surface area contributed by atoms with Gasteiger partial charge in [-0.2, -0.15) is 5.10 Å². The van der Waals surface area contributed by atoms with Crippen molar-refractivity contribution in [3.05, 3.63) is 74.2 Å². The van der Waals surface area contributed by atoms with Crippen molar-refractivity contribution in [1.29, 1.82) is 0 Å². The van der Waals surface area contributed by atoms with E-state index >= 15 is 0 Å². The number of hydrazone groups is 1. The van der Waals surface area contributed by atoms with Crippen LogP contribution in [0.15, 0.2) is 58.1 Å². The molecule has 0 saturated heterocycles. The van der Waals surface area contributed by atoms with Crippen LogP contribution >= 0.6 is 27.7 Å². The van der Waals surface area contributed by atoms with Gasteiger partial charge in [0, 0.05) is 27.9 Å². The van der Waals surface area contributed by atoms with E-state index in [0.29, 0.717) is 5.75 Å². The van der Waals surface area contributed by atoms with Crippen molar-refractivity contribution in [3.63, 3.8) is 0 Å². The quantitative estimate of drug-likeness (QED) is 0.430. The number of hydrogen-bond acceptors (Lipinski definition) is 5. The lowest BCUT2D eigenvalue weighted by molar-refractivity contribution is -0.384. The van der Waals surface area contributed by atoms with Crippen LogP contribution in [-0.4, -0.2) is 22.8 Å². The van der Waals surface area contributed by atoms with Gasteiger partial charge < -0.3 is 0 Å². The molecule has 6 nitrogen and oxygen atoms in total. The number of nitrogens with one attached hydrogen (secondary N) is 1. The molecule has 8 heteroatoms. The van der Waals surface area contributed by atoms with Gasteiger partial charge in [0.25, 0.3) is 5.69 Å². The van der Waals surface area contributed by atoms with E-state index in [0.717, 1.165) is 15.6 Å². The van der Waals surface area contributed by atoms with Gasteiger partial charge in [0.2, 0.25) is 5.91 Å². The average molecular weight is 408 g/mol. The normalized spacial score (nSPS) is 10.7. The molecule has 24 heavy (non-hydrogen) atoms. The SMILES string of the molecule is O=C(CSCc1ccc([N+](=O)[O-])cc1)N/N=C\c1ccccc1Br. The first-order valence-electron chi connectivity index (χ1n) is 6.94. The Balaban J connectivity index is 1.73. The second-order valence-electron chi connectivity index (χ2n) is 4.73. The molecule has 0 radical (unpaired) electrons. The maximum atomic E-state index is 11.7. The molecule has 2 aromatic rings. The third-order valence-corrected chi connectivity index (χ3v) is 4.67. The largest absolute Gasteiger partial charge is 0.272 e. The molecular formula is C16H14BrN3O3S. The van der Waals surface area contributed by atoms with E-state index in [1.807, 2.05) is 24.3 Å². The van der Waals surface area contributed by atoms with E-state index in [1.54, 1.807) is 18.3 Å². The second kappa shape index (κ2) is 9.19.